The number of aromatic amines is 1. The van der Waals surface area contributed by atoms with Crippen LogP contribution in [0.25, 0.3) is 22.4 Å². The van der Waals surface area contributed by atoms with Crippen LogP contribution >= 0.6 is 0 Å². The van der Waals surface area contributed by atoms with Gasteiger partial charge in [-0.25, -0.2) is 0 Å². The molecular formula is C24H24N4O4. The van der Waals surface area contributed by atoms with Gasteiger partial charge in [0, 0.05) is 41.5 Å². The Hall–Kier alpha value is -3.81. The number of carbonyl (C=O) groups is 1. The second kappa shape index (κ2) is 8.03. The van der Waals surface area contributed by atoms with Crippen molar-refractivity contribution in [2.24, 2.45) is 0 Å². The second-order valence-corrected chi connectivity index (χ2v) is 7.94. The predicted octanol–water partition coefficient (Wildman–Crippen LogP) is 4.31. The SMILES string of the molecule is COc1ccc(C(C)N2CC(c3noc(-c4cccc5[nH]ccc45)n3)CC2=O)cc1OC. The van der Waals surface area contributed by atoms with Gasteiger partial charge < -0.3 is 23.9 Å². The normalized spacial score (nSPS) is 17.2. The fourth-order valence-corrected chi connectivity index (χ4v) is 4.35. The Kier molecular flexibility index (Phi) is 5.05. The van der Waals surface area contributed by atoms with Crippen molar-refractivity contribution in [1.82, 2.24) is 20.0 Å². The molecule has 4 aromatic rings. The first-order chi connectivity index (χ1) is 15.6. The van der Waals surface area contributed by atoms with E-state index in [9.17, 15) is 4.79 Å². The number of aromatic nitrogens is 3. The minimum atomic E-state index is -0.118. The molecule has 1 N–H and O–H groups in total. The lowest BCUT2D eigenvalue weighted by Gasteiger charge is -2.25. The first-order valence-corrected chi connectivity index (χ1v) is 10.5. The van der Waals surface area contributed by atoms with Crippen LogP contribution < -0.4 is 9.47 Å². The van der Waals surface area contributed by atoms with Crippen molar-refractivity contribution >= 4 is 16.8 Å². The lowest BCUT2D eigenvalue weighted by molar-refractivity contribution is -0.129. The fourth-order valence-electron chi connectivity index (χ4n) is 4.35. The van der Waals surface area contributed by atoms with E-state index in [0.29, 0.717) is 36.2 Å². The first-order valence-electron chi connectivity index (χ1n) is 10.5. The zero-order chi connectivity index (χ0) is 22.2. The number of hydrogen-bond acceptors (Lipinski definition) is 6. The lowest BCUT2D eigenvalue weighted by atomic mass is 10.1. The summed E-state index contributed by atoms with van der Waals surface area (Å²) in [6.45, 7) is 2.54. The van der Waals surface area contributed by atoms with Crippen LogP contribution in [-0.4, -0.2) is 46.7 Å². The highest BCUT2D eigenvalue weighted by atomic mass is 16.5. The molecule has 5 rings (SSSR count). The van der Waals surface area contributed by atoms with Gasteiger partial charge in [0.05, 0.1) is 20.3 Å². The molecule has 8 nitrogen and oxygen atoms in total. The Balaban J connectivity index is 1.37. The predicted molar refractivity (Wildman–Crippen MR) is 119 cm³/mol. The Labute approximate surface area is 185 Å². The van der Waals surface area contributed by atoms with Crippen LogP contribution in [0.4, 0.5) is 0 Å². The molecule has 0 saturated carbocycles. The monoisotopic (exact) mass is 432 g/mol. The molecule has 1 fully saturated rings. The third kappa shape index (κ3) is 3.37. The highest BCUT2D eigenvalue weighted by Gasteiger charge is 2.36. The number of carbonyl (C=O) groups excluding carboxylic acids is 1. The molecule has 0 spiro atoms. The Morgan fingerprint density at radius 2 is 2.00 bits per heavy atom. The Bertz CT molecular complexity index is 1280. The zero-order valence-corrected chi connectivity index (χ0v) is 18.2. The quantitative estimate of drug-likeness (QED) is 0.488. The smallest absolute Gasteiger partial charge is 0.258 e. The van der Waals surface area contributed by atoms with E-state index in [1.54, 1.807) is 14.2 Å². The van der Waals surface area contributed by atoms with Gasteiger partial charge in [-0.3, -0.25) is 4.79 Å². The molecular weight excluding hydrogens is 408 g/mol. The van der Waals surface area contributed by atoms with Crippen LogP contribution in [0.2, 0.25) is 0 Å². The van der Waals surface area contributed by atoms with Crippen LogP contribution in [0.1, 0.15) is 36.7 Å². The molecule has 8 heteroatoms. The molecule has 0 bridgehead atoms. The van der Waals surface area contributed by atoms with E-state index >= 15 is 0 Å². The van der Waals surface area contributed by atoms with Crippen LogP contribution in [0.5, 0.6) is 11.5 Å². The van der Waals surface area contributed by atoms with E-state index in [1.807, 2.05) is 60.5 Å². The van der Waals surface area contributed by atoms with Crippen LogP contribution in [0, 0.1) is 0 Å². The molecule has 2 aromatic heterocycles. The number of likely N-dealkylation sites (tertiary alicyclic amines) is 1. The van der Waals surface area contributed by atoms with Crippen molar-refractivity contribution in [3.63, 3.8) is 0 Å². The van der Waals surface area contributed by atoms with Crippen molar-refractivity contribution < 1.29 is 18.8 Å². The summed E-state index contributed by atoms with van der Waals surface area (Å²) < 4.78 is 16.3. The number of fused-ring (bicyclic) bond motifs is 1. The average molecular weight is 432 g/mol. The summed E-state index contributed by atoms with van der Waals surface area (Å²) in [5.74, 6) is 2.27. The van der Waals surface area contributed by atoms with Crippen molar-refractivity contribution in [3.8, 4) is 23.0 Å². The number of benzene rings is 2. The largest absolute Gasteiger partial charge is 0.493 e. The van der Waals surface area contributed by atoms with E-state index in [0.717, 1.165) is 22.0 Å². The number of nitrogens with zero attached hydrogens (tertiary/aromatic N) is 3. The molecule has 1 amide bonds. The van der Waals surface area contributed by atoms with Gasteiger partial charge in [-0.05, 0) is 42.8 Å². The Morgan fingerprint density at radius 3 is 2.81 bits per heavy atom. The fraction of sp³-hybridized carbons (Fsp3) is 0.292. The topological polar surface area (TPSA) is 93.5 Å². The minimum absolute atomic E-state index is 0.0661. The summed E-state index contributed by atoms with van der Waals surface area (Å²) in [6.07, 6.45) is 2.24. The van der Waals surface area contributed by atoms with Crippen LogP contribution in [0.15, 0.2) is 53.2 Å². The summed E-state index contributed by atoms with van der Waals surface area (Å²) in [5, 5.41) is 5.23. The average Bonchev–Trinajstić information content (AvgIpc) is 3.57. The molecule has 2 atom stereocenters. The van der Waals surface area contributed by atoms with E-state index < -0.39 is 0 Å². The summed E-state index contributed by atoms with van der Waals surface area (Å²) in [5.41, 5.74) is 2.86. The van der Waals surface area contributed by atoms with E-state index in [-0.39, 0.29) is 17.9 Å². The van der Waals surface area contributed by atoms with Gasteiger partial charge in [-0.2, -0.15) is 4.98 Å². The van der Waals surface area contributed by atoms with Gasteiger partial charge in [0.1, 0.15) is 0 Å². The molecule has 1 aliphatic heterocycles. The van der Waals surface area contributed by atoms with Crippen LogP contribution in [0.3, 0.4) is 0 Å². The van der Waals surface area contributed by atoms with Crippen molar-refractivity contribution in [3.05, 3.63) is 60.0 Å². The van der Waals surface area contributed by atoms with Gasteiger partial charge in [0.2, 0.25) is 5.91 Å². The number of ether oxygens (including phenoxy) is 2. The molecule has 0 radical (unpaired) electrons. The van der Waals surface area contributed by atoms with Gasteiger partial charge >= 0.3 is 0 Å². The van der Waals surface area contributed by atoms with E-state index in [4.69, 9.17) is 14.0 Å². The molecule has 1 aliphatic rings. The number of hydrogen-bond donors (Lipinski definition) is 1. The number of methoxy groups -OCH3 is 2. The van der Waals surface area contributed by atoms with Crippen LogP contribution in [-0.2, 0) is 4.79 Å². The summed E-state index contributed by atoms with van der Waals surface area (Å²) in [6, 6.07) is 13.5. The maximum absolute atomic E-state index is 12.8. The highest BCUT2D eigenvalue weighted by Crippen LogP contribution is 2.37. The van der Waals surface area contributed by atoms with Gasteiger partial charge in [-0.15, -0.1) is 0 Å². The maximum Gasteiger partial charge on any atom is 0.258 e. The van der Waals surface area contributed by atoms with E-state index in [2.05, 4.69) is 15.1 Å². The molecule has 2 aromatic carbocycles. The second-order valence-electron chi connectivity index (χ2n) is 7.94. The van der Waals surface area contributed by atoms with Gasteiger partial charge in [0.15, 0.2) is 17.3 Å². The van der Waals surface area contributed by atoms with Gasteiger partial charge in [0.25, 0.3) is 5.89 Å². The van der Waals surface area contributed by atoms with Crippen molar-refractivity contribution in [2.75, 3.05) is 20.8 Å². The number of nitrogens with one attached hydrogen (secondary N) is 1. The maximum atomic E-state index is 12.8. The molecule has 2 unspecified atom stereocenters. The molecule has 32 heavy (non-hydrogen) atoms. The summed E-state index contributed by atoms with van der Waals surface area (Å²) in [4.78, 5) is 22.5. The first kappa shape index (κ1) is 20.1. The van der Waals surface area contributed by atoms with Gasteiger partial charge in [-0.1, -0.05) is 17.3 Å². The summed E-state index contributed by atoms with van der Waals surface area (Å²) >= 11 is 0. The Morgan fingerprint density at radius 1 is 1.16 bits per heavy atom. The third-order valence-corrected chi connectivity index (χ3v) is 6.15. The molecule has 3 heterocycles. The zero-order valence-electron chi connectivity index (χ0n) is 18.2. The highest BCUT2D eigenvalue weighted by molar-refractivity contribution is 5.92. The molecule has 164 valence electrons. The molecule has 0 aliphatic carbocycles. The third-order valence-electron chi connectivity index (χ3n) is 6.15. The minimum Gasteiger partial charge on any atom is -0.493 e. The van der Waals surface area contributed by atoms with E-state index in [1.165, 1.54) is 0 Å². The van der Waals surface area contributed by atoms with Crippen molar-refractivity contribution in [1.29, 1.82) is 0 Å². The number of H-pyrrole nitrogens is 1. The van der Waals surface area contributed by atoms with Crippen molar-refractivity contribution in [2.45, 2.75) is 25.3 Å². The molecule has 1 saturated heterocycles. The number of rotatable bonds is 6. The lowest BCUT2D eigenvalue weighted by Crippen LogP contribution is -2.28. The summed E-state index contributed by atoms with van der Waals surface area (Å²) in [7, 11) is 3.20. The standard InChI is InChI=1S/C24H24N4O4/c1-14(15-7-8-20(30-2)21(11-15)31-3)28-13-16(12-22(28)29)23-26-24(32-27-23)18-5-4-6-19-17(18)9-10-25-19/h4-11,14,16,25H,12-13H2,1-3H3. The number of amides is 1.